The molecule has 5 N–H and O–H groups in total. The summed E-state index contributed by atoms with van der Waals surface area (Å²) in [6.07, 6.45) is 4.68. The number of carbonyl (C=O) groups is 2. The maximum atomic E-state index is 13.4. The van der Waals surface area contributed by atoms with Gasteiger partial charge in [-0.05, 0) is 66.1 Å². The van der Waals surface area contributed by atoms with Crippen LogP contribution in [0.5, 0.6) is 0 Å². The molecule has 3 aliphatic carbocycles. The summed E-state index contributed by atoms with van der Waals surface area (Å²) in [5, 5.41) is 24.8. The first-order chi connectivity index (χ1) is 18.0. The molecule has 0 aromatic heterocycles. The Labute approximate surface area is 225 Å². The van der Waals surface area contributed by atoms with E-state index in [9.17, 15) is 19.7 Å². The van der Waals surface area contributed by atoms with Gasteiger partial charge in [-0.25, -0.2) is 0 Å². The number of aliphatic hydroxyl groups is 1. The van der Waals surface area contributed by atoms with Gasteiger partial charge in [-0.2, -0.15) is 0 Å². The van der Waals surface area contributed by atoms with Crippen LogP contribution in [0.2, 0.25) is 0 Å². The highest BCUT2D eigenvalue weighted by Crippen LogP contribution is 2.66. The highest BCUT2D eigenvalue weighted by atomic mass is 16.5. The molecule has 1 heterocycles. The second-order valence-corrected chi connectivity index (χ2v) is 12.6. The number of benzene rings is 1. The number of rotatable bonds is 6. The van der Waals surface area contributed by atoms with E-state index in [2.05, 4.69) is 25.7 Å². The molecule has 0 amide bonds. The third kappa shape index (κ3) is 4.13. The van der Waals surface area contributed by atoms with Crippen LogP contribution < -0.4 is 16.5 Å². The number of esters is 1. The zero-order chi connectivity index (χ0) is 27.5. The Kier molecular flexibility index (Phi) is 7.04. The van der Waals surface area contributed by atoms with Gasteiger partial charge in [-0.3, -0.25) is 9.59 Å². The number of nitrogens with one attached hydrogen (secondary N) is 1. The summed E-state index contributed by atoms with van der Waals surface area (Å²) < 4.78 is 11.6. The number of aliphatic hydroxyl groups excluding tert-OH is 1. The van der Waals surface area contributed by atoms with E-state index in [1.165, 1.54) is 0 Å². The van der Waals surface area contributed by atoms with Gasteiger partial charge < -0.3 is 30.6 Å². The molecule has 38 heavy (non-hydrogen) atoms. The molecule has 1 aliphatic heterocycles. The van der Waals surface area contributed by atoms with Gasteiger partial charge in [0.1, 0.15) is 18.4 Å². The maximum absolute atomic E-state index is 13.4. The van der Waals surface area contributed by atoms with E-state index in [4.69, 9.17) is 15.1 Å². The first-order valence-electron chi connectivity index (χ1n) is 13.9. The summed E-state index contributed by atoms with van der Waals surface area (Å²) in [6.45, 7) is 10.7. The monoisotopic (exact) mass is 524 g/mol. The van der Waals surface area contributed by atoms with Gasteiger partial charge in [0.2, 0.25) is 0 Å². The average molecular weight is 524 g/mol. The maximum Gasteiger partial charge on any atom is 0.492 e. The largest absolute Gasteiger partial charge is 0.492 e. The molecule has 4 aliphatic rings. The third-order valence-electron chi connectivity index (χ3n) is 10.7. The zero-order valence-electron chi connectivity index (χ0n) is 22.8. The van der Waals surface area contributed by atoms with Crippen molar-refractivity contribution in [1.82, 2.24) is 0 Å². The Bertz CT molecular complexity index is 1140. The van der Waals surface area contributed by atoms with E-state index in [0.717, 1.165) is 24.8 Å². The minimum absolute atomic E-state index is 0.0964. The van der Waals surface area contributed by atoms with Crippen molar-refractivity contribution in [2.45, 2.75) is 84.7 Å². The Morgan fingerprint density at radius 1 is 1.34 bits per heavy atom. The topological polar surface area (TPSA) is 131 Å². The molecule has 5 rings (SSSR count). The van der Waals surface area contributed by atoms with Crippen molar-refractivity contribution in [3.8, 4) is 0 Å². The van der Waals surface area contributed by atoms with Gasteiger partial charge in [-0.15, -0.1) is 6.58 Å². The normalized spacial score (nSPS) is 38.2. The lowest BCUT2D eigenvalue weighted by molar-refractivity contribution is -0.193. The van der Waals surface area contributed by atoms with Crippen molar-refractivity contribution in [3.05, 3.63) is 35.9 Å². The molecule has 0 spiro atoms. The van der Waals surface area contributed by atoms with Crippen LogP contribution in [-0.2, 0) is 32.1 Å². The highest BCUT2D eigenvalue weighted by Gasteiger charge is 2.66. The number of Topliss-reactive ketones (excluding diaryl/α,β-unsaturated/α-hetero) is 1. The molecule has 7 atom stereocenters. The molecule has 206 valence electrons. The number of ether oxygens (including phenoxy) is 1. The smallest absolute Gasteiger partial charge is 0.460 e. The summed E-state index contributed by atoms with van der Waals surface area (Å²) in [6, 6.07) is 3.70. The van der Waals surface area contributed by atoms with Gasteiger partial charge in [0.05, 0.1) is 12.7 Å². The summed E-state index contributed by atoms with van der Waals surface area (Å²) in [5.41, 5.74) is 7.44. The number of anilines is 1. The number of hydrogen-bond donors (Lipinski definition) is 4. The van der Waals surface area contributed by atoms with Gasteiger partial charge in [0, 0.05) is 35.4 Å². The van der Waals surface area contributed by atoms with E-state index in [-0.39, 0.29) is 36.1 Å². The van der Waals surface area contributed by atoms with Crippen molar-refractivity contribution in [3.63, 3.8) is 0 Å². The van der Waals surface area contributed by atoms with Crippen LogP contribution in [0.3, 0.4) is 0 Å². The molecular formula is C29H41BN2O6. The third-order valence-corrected chi connectivity index (χ3v) is 10.7. The summed E-state index contributed by atoms with van der Waals surface area (Å²) >= 11 is 0. The van der Waals surface area contributed by atoms with E-state index < -0.39 is 36.1 Å². The van der Waals surface area contributed by atoms with E-state index in [0.29, 0.717) is 42.6 Å². The summed E-state index contributed by atoms with van der Waals surface area (Å²) in [5.74, 6) is -0.263. The molecular weight excluding hydrogens is 483 g/mol. The SMILES string of the molecule is C=C[C@]1(C)C[C@@H](OC(=O)CNc2ccc3c(c2CN)B(O)OC3)[C@]2(C)[C@H](C)CC[C@]3(CCC(=O)[C@H]32)C[C@@H]1O. The van der Waals surface area contributed by atoms with E-state index >= 15 is 0 Å². The lowest BCUT2D eigenvalue weighted by Gasteiger charge is -2.59. The van der Waals surface area contributed by atoms with Crippen molar-refractivity contribution in [2.24, 2.45) is 33.8 Å². The minimum Gasteiger partial charge on any atom is -0.460 e. The number of ketones is 1. The molecule has 0 unspecified atom stereocenters. The Balaban J connectivity index is 1.43. The van der Waals surface area contributed by atoms with Crippen molar-refractivity contribution in [2.75, 3.05) is 11.9 Å². The van der Waals surface area contributed by atoms with Crippen LogP contribution >= 0.6 is 0 Å². The molecule has 2 bridgehead atoms. The fraction of sp³-hybridized carbons (Fsp3) is 0.655. The van der Waals surface area contributed by atoms with Gasteiger partial charge in [0.15, 0.2) is 0 Å². The lowest BCUT2D eigenvalue weighted by Crippen LogP contribution is -2.60. The second-order valence-electron chi connectivity index (χ2n) is 12.6. The van der Waals surface area contributed by atoms with Crippen molar-refractivity contribution < 1.29 is 29.1 Å². The van der Waals surface area contributed by atoms with Crippen LogP contribution in [0.4, 0.5) is 5.69 Å². The molecule has 0 saturated heterocycles. The van der Waals surface area contributed by atoms with Crippen molar-refractivity contribution in [1.29, 1.82) is 0 Å². The predicted octanol–water partition coefficient (Wildman–Crippen LogP) is 2.44. The minimum atomic E-state index is -1.04. The van der Waals surface area contributed by atoms with Crippen LogP contribution in [-0.4, -0.2) is 47.8 Å². The lowest BCUT2D eigenvalue weighted by atomic mass is 9.46. The summed E-state index contributed by atoms with van der Waals surface area (Å²) in [7, 11) is -1.04. The molecule has 3 saturated carbocycles. The first kappa shape index (κ1) is 27.4. The Morgan fingerprint density at radius 2 is 2.11 bits per heavy atom. The predicted molar refractivity (Wildman–Crippen MR) is 145 cm³/mol. The molecule has 9 heteroatoms. The van der Waals surface area contributed by atoms with Crippen molar-refractivity contribution >= 4 is 30.0 Å². The number of fused-ring (bicyclic) bond motifs is 1. The highest BCUT2D eigenvalue weighted by molar-refractivity contribution is 6.62. The molecule has 0 radical (unpaired) electrons. The van der Waals surface area contributed by atoms with Gasteiger partial charge in [0.25, 0.3) is 0 Å². The Morgan fingerprint density at radius 3 is 2.82 bits per heavy atom. The quantitative estimate of drug-likeness (QED) is 0.254. The number of carbonyl (C=O) groups excluding carboxylic acids is 2. The molecule has 1 aromatic rings. The first-order valence-corrected chi connectivity index (χ1v) is 13.9. The number of hydrogen-bond acceptors (Lipinski definition) is 8. The molecule has 8 nitrogen and oxygen atoms in total. The van der Waals surface area contributed by atoms with Gasteiger partial charge in [-0.1, -0.05) is 32.9 Å². The second kappa shape index (κ2) is 9.77. The Hall–Kier alpha value is -2.20. The molecule has 3 fully saturated rings. The van der Waals surface area contributed by atoms with Crippen LogP contribution in [0.25, 0.3) is 0 Å². The standard InChI is InChI=1S/C29H41BN2O6/c1-5-27(3)13-23(28(4)17(2)8-10-29(12-22(27)34)11-9-21(33)26(28)29)38-24(35)15-32-20-7-6-18-16-37-30(36)25(18)19(20)14-31/h5-7,17,22-23,26,32,34,36H,1,8-16,31H2,2-4H3/t17-,22+,23-,26+,27-,28+,29+/m1/s1. The molecule has 1 aromatic carbocycles. The van der Waals surface area contributed by atoms with E-state index in [1.54, 1.807) is 6.08 Å². The fourth-order valence-corrected chi connectivity index (χ4v) is 8.12. The van der Waals surface area contributed by atoms with Crippen LogP contribution in [0, 0.1) is 28.1 Å². The fourth-order valence-electron chi connectivity index (χ4n) is 8.12. The number of nitrogens with two attached hydrogens (primary N) is 1. The summed E-state index contributed by atoms with van der Waals surface area (Å²) in [4.78, 5) is 26.8. The van der Waals surface area contributed by atoms with Gasteiger partial charge >= 0.3 is 13.1 Å². The zero-order valence-corrected chi connectivity index (χ0v) is 22.8. The van der Waals surface area contributed by atoms with Crippen LogP contribution in [0.15, 0.2) is 24.8 Å². The van der Waals surface area contributed by atoms with E-state index in [1.807, 2.05) is 19.1 Å². The average Bonchev–Trinajstić information content (AvgIpc) is 3.43. The van der Waals surface area contributed by atoms with Crippen LogP contribution in [0.1, 0.15) is 70.4 Å².